The highest BCUT2D eigenvalue weighted by Crippen LogP contribution is 2.41. The van der Waals surface area contributed by atoms with E-state index in [4.69, 9.17) is 22.2 Å². The zero-order valence-corrected chi connectivity index (χ0v) is 22.1. The minimum atomic E-state index is -4.81. The fraction of sp³-hybridized carbons (Fsp3) is 0.462. The predicted molar refractivity (Wildman–Crippen MR) is 141 cm³/mol. The molecule has 0 spiro atoms. The van der Waals surface area contributed by atoms with Gasteiger partial charge in [-0.05, 0) is 49.7 Å². The number of benzene rings is 1. The van der Waals surface area contributed by atoms with Gasteiger partial charge in [-0.1, -0.05) is 0 Å². The lowest BCUT2D eigenvalue weighted by atomic mass is 9.76. The number of rotatable bonds is 8. The van der Waals surface area contributed by atoms with E-state index < -0.39 is 28.8 Å². The minimum Gasteiger partial charge on any atom is -0.489 e. The highest BCUT2D eigenvalue weighted by atomic mass is 32.1. The number of aldehydes is 1. The van der Waals surface area contributed by atoms with Crippen LogP contribution in [0.5, 0.6) is 5.75 Å². The van der Waals surface area contributed by atoms with Gasteiger partial charge in [-0.25, -0.2) is 9.37 Å². The van der Waals surface area contributed by atoms with Crippen LogP contribution in [0.1, 0.15) is 30.5 Å². The van der Waals surface area contributed by atoms with Crippen LogP contribution in [0.25, 0.3) is 0 Å². The standard InChI is InChI=1S/C26H28F4N6O2S/c1-34(19-13-20(26(28,29)30)22(15-31)33-16-19)24(39)36(25(17-37)5-2-6-25)18-3-4-23(21(27)14-18)38-12-11-35-9-7-32-8-10-35/h3-4,13-14,16-17,32H,2,5-12H2,1H3. The van der Waals surface area contributed by atoms with Crippen molar-refractivity contribution >= 4 is 35.0 Å². The molecule has 1 aliphatic heterocycles. The van der Waals surface area contributed by atoms with Gasteiger partial charge in [-0.15, -0.1) is 0 Å². The number of carbonyl (C=O) groups is 1. The first-order valence-electron chi connectivity index (χ1n) is 12.5. The zero-order chi connectivity index (χ0) is 28.2. The molecule has 0 atom stereocenters. The number of alkyl halides is 3. The predicted octanol–water partition coefficient (Wildman–Crippen LogP) is 3.74. The third kappa shape index (κ3) is 6.13. The largest absolute Gasteiger partial charge is 0.489 e. The molecule has 13 heteroatoms. The molecule has 1 N–H and O–H groups in total. The van der Waals surface area contributed by atoms with E-state index in [-0.39, 0.29) is 22.2 Å². The molecule has 2 aromatic rings. The number of aromatic nitrogens is 1. The molecule has 1 saturated carbocycles. The number of pyridine rings is 1. The van der Waals surface area contributed by atoms with Gasteiger partial charge in [0, 0.05) is 51.5 Å². The van der Waals surface area contributed by atoms with E-state index in [2.05, 4.69) is 15.2 Å². The maximum atomic E-state index is 15.2. The summed E-state index contributed by atoms with van der Waals surface area (Å²) in [4.78, 5) is 20.9. The molecule has 2 aliphatic rings. The number of nitriles is 1. The van der Waals surface area contributed by atoms with Crippen molar-refractivity contribution in [1.82, 2.24) is 15.2 Å². The monoisotopic (exact) mass is 564 g/mol. The average Bonchev–Trinajstić information content (AvgIpc) is 2.90. The topological polar surface area (TPSA) is 84.7 Å². The van der Waals surface area contributed by atoms with E-state index in [1.165, 1.54) is 35.0 Å². The van der Waals surface area contributed by atoms with Gasteiger partial charge in [-0.2, -0.15) is 18.4 Å². The lowest BCUT2D eigenvalue weighted by Gasteiger charge is -2.48. The summed E-state index contributed by atoms with van der Waals surface area (Å²) in [6.45, 7) is 4.50. The summed E-state index contributed by atoms with van der Waals surface area (Å²) >= 11 is 5.65. The van der Waals surface area contributed by atoms with E-state index in [9.17, 15) is 18.0 Å². The van der Waals surface area contributed by atoms with Crippen molar-refractivity contribution < 1.29 is 27.1 Å². The molecule has 1 aromatic carbocycles. The Hall–Kier alpha value is -3.34. The van der Waals surface area contributed by atoms with Gasteiger partial charge in [0.15, 0.2) is 22.4 Å². The number of piperazine rings is 1. The minimum absolute atomic E-state index is 0.0202. The number of hydrogen-bond acceptors (Lipinski definition) is 7. The number of thiocarbonyl (C=S) groups is 1. The second-order valence-electron chi connectivity index (χ2n) is 9.51. The van der Waals surface area contributed by atoms with E-state index in [0.717, 1.165) is 51.1 Å². The quantitative estimate of drug-likeness (QED) is 0.293. The summed E-state index contributed by atoms with van der Waals surface area (Å²) in [5.41, 5.74) is -2.81. The molecule has 39 heavy (non-hydrogen) atoms. The zero-order valence-electron chi connectivity index (χ0n) is 21.3. The molecule has 2 heterocycles. The Morgan fingerprint density at radius 3 is 2.56 bits per heavy atom. The Morgan fingerprint density at radius 1 is 1.28 bits per heavy atom. The molecule has 0 unspecified atom stereocenters. The number of hydrogen-bond donors (Lipinski definition) is 1. The van der Waals surface area contributed by atoms with Crippen LogP contribution in [0.15, 0.2) is 30.5 Å². The molecule has 1 aliphatic carbocycles. The van der Waals surface area contributed by atoms with Gasteiger partial charge < -0.3 is 24.6 Å². The van der Waals surface area contributed by atoms with E-state index in [0.29, 0.717) is 26.0 Å². The molecule has 4 rings (SSSR count). The van der Waals surface area contributed by atoms with Crippen LogP contribution in [-0.2, 0) is 11.0 Å². The van der Waals surface area contributed by atoms with Crippen LogP contribution in [0.2, 0.25) is 0 Å². The Labute approximate surface area is 229 Å². The van der Waals surface area contributed by atoms with Crippen LogP contribution in [0.3, 0.4) is 0 Å². The maximum absolute atomic E-state index is 15.2. The van der Waals surface area contributed by atoms with E-state index in [1.807, 2.05) is 0 Å². The lowest BCUT2D eigenvalue weighted by molar-refractivity contribution is -0.138. The third-order valence-electron chi connectivity index (χ3n) is 7.08. The molecule has 1 saturated heterocycles. The van der Waals surface area contributed by atoms with Crippen molar-refractivity contribution in [3.63, 3.8) is 0 Å². The van der Waals surface area contributed by atoms with Gasteiger partial charge in [0.2, 0.25) is 0 Å². The van der Waals surface area contributed by atoms with Gasteiger partial charge in [-0.3, -0.25) is 4.90 Å². The highest BCUT2D eigenvalue weighted by Gasteiger charge is 2.46. The second kappa shape index (κ2) is 11.8. The SMILES string of the molecule is CN(C(=S)N(c1ccc(OCCN2CCNCC2)c(F)c1)C1(C=O)CCC1)c1cnc(C#N)c(C(F)(F)F)c1. The summed E-state index contributed by atoms with van der Waals surface area (Å²) in [6, 6.07) is 6.47. The van der Waals surface area contributed by atoms with Crippen molar-refractivity contribution in [2.45, 2.75) is 31.0 Å². The lowest BCUT2D eigenvalue weighted by Crippen LogP contribution is -2.60. The maximum Gasteiger partial charge on any atom is 0.419 e. The Balaban J connectivity index is 1.59. The number of nitrogens with zero attached hydrogens (tertiary/aromatic N) is 5. The molecule has 1 aromatic heterocycles. The van der Waals surface area contributed by atoms with Crippen molar-refractivity contribution in [2.24, 2.45) is 0 Å². The summed E-state index contributed by atoms with van der Waals surface area (Å²) in [6.07, 6.45) is -1.36. The number of carbonyl (C=O) groups excluding carboxylic acids is 1. The van der Waals surface area contributed by atoms with Gasteiger partial charge >= 0.3 is 6.18 Å². The van der Waals surface area contributed by atoms with Crippen molar-refractivity contribution in [2.75, 3.05) is 56.2 Å². The van der Waals surface area contributed by atoms with Gasteiger partial charge in [0.1, 0.15) is 24.5 Å². The molecule has 8 nitrogen and oxygen atoms in total. The first-order chi connectivity index (χ1) is 18.6. The normalized spacial score (nSPS) is 17.0. The average molecular weight is 565 g/mol. The van der Waals surface area contributed by atoms with E-state index >= 15 is 4.39 Å². The van der Waals surface area contributed by atoms with Crippen molar-refractivity contribution in [3.8, 4) is 11.8 Å². The third-order valence-corrected chi connectivity index (χ3v) is 7.54. The molecular weight excluding hydrogens is 536 g/mol. The molecular formula is C26H28F4N6O2S. The number of ether oxygens (including phenoxy) is 1. The van der Waals surface area contributed by atoms with E-state index in [1.54, 1.807) is 6.07 Å². The summed E-state index contributed by atoms with van der Waals surface area (Å²) in [5, 5.41) is 12.3. The fourth-order valence-electron chi connectivity index (χ4n) is 4.66. The van der Waals surface area contributed by atoms with Crippen LogP contribution in [0.4, 0.5) is 28.9 Å². The molecule has 0 bridgehead atoms. The summed E-state index contributed by atoms with van der Waals surface area (Å²) < 4.78 is 61.4. The Bertz CT molecular complexity index is 1260. The fourth-order valence-corrected chi connectivity index (χ4v) is 5.05. The first-order valence-corrected chi connectivity index (χ1v) is 12.9. The molecule has 2 fully saturated rings. The van der Waals surface area contributed by atoms with Gasteiger partial charge in [0.05, 0.1) is 17.4 Å². The van der Waals surface area contributed by atoms with Crippen molar-refractivity contribution in [1.29, 1.82) is 5.26 Å². The summed E-state index contributed by atoms with van der Waals surface area (Å²) in [5.74, 6) is -0.601. The number of halogens is 4. The molecule has 0 radical (unpaired) electrons. The summed E-state index contributed by atoms with van der Waals surface area (Å²) in [7, 11) is 1.43. The van der Waals surface area contributed by atoms with Crippen LogP contribution in [-0.4, -0.2) is 73.2 Å². The first kappa shape index (κ1) is 28.7. The number of anilines is 2. The van der Waals surface area contributed by atoms with Crippen LogP contribution < -0.4 is 19.9 Å². The second-order valence-corrected chi connectivity index (χ2v) is 9.87. The van der Waals surface area contributed by atoms with Crippen LogP contribution in [0, 0.1) is 17.1 Å². The smallest absolute Gasteiger partial charge is 0.419 e. The molecule has 208 valence electrons. The van der Waals surface area contributed by atoms with Crippen molar-refractivity contribution in [3.05, 3.63) is 47.5 Å². The van der Waals surface area contributed by atoms with Gasteiger partial charge in [0.25, 0.3) is 0 Å². The Morgan fingerprint density at radius 2 is 2.00 bits per heavy atom. The van der Waals surface area contributed by atoms with Crippen LogP contribution >= 0.6 is 12.2 Å². The Kier molecular flexibility index (Phi) is 8.68. The highest BCUT2D eigenvalue weighted by molar-refractivity contribution is 7.80. The number of nitrogens with one attached hydrogen (secondary N) is 1. The molecule has 0 amide bonds.